The molecule has 0 bridgehead atoms. The third-order valence-corrected chi connectivity index (χ3v) is 2.43. The molecule has 0 fully saturated rings. The van der Waals surface area contributed by atoms with Crippen molar-refractivity contribution in [3.8, 4) is 0 Å². The van der Waals surface area contributed by atoms with Crippen molar-refractivity contribution < 1.29 is 14.3 Å². The van der Waals surface area contributed by atoms with E-state index in [2.05, 4.69) is 4.74 Å². The number of hydrogen-bond donors (Lipinski definition) is 1. The number of ether oxygens (including phenoxy) is 1. The SMILES string of the molecule is CCC/C(C)=C/C(=O)N(N)C(C)CC(=O)OC. The monoisotopic (exact) mass is 242 g/mol. The van der Waals surface area contributed by atoms with Gasteiger partial charge in [-0.15, -0.1) is 0 Å². The molecule has 5 nitrogen and oxygen atoms in total. The molecule has 1 unspecified atom stereocenters. The Labute approximate surface area is 103 Å². The lowest BCUT2D eigenvalue weighted by molar-refractivity contribution is -0.142. The Morgan fingerprint density at radius 1 is 1.47 bits per heavy atom. The number of nitrogens with zero attached hydrogens (tertiary/aromatic N) is 1. The van der Waals surface area contributed by atoms with Gasteiger partial charge in [0, 0.05) is 6.08 Å². The maximum atomic E-state index is 11.7. The smallest absolute Gasteiger partial charge is 0.307 e. The third-order valence-electron chi connectivity index (χ3n) is 2.43. The van der Waals surface area contributed by atoms with E-state index < -0.39 is 0 Å². The average molecular weight is 242 g/mol. The molecule has 0 aromatic rings. The summed E-state index contributed by atoms with van der Waals surface area (Å²) in [4.78, 5) is 22.8. The summed E-state index contributed by atoms with van der Waals surface area (Å²) < 4.78 is 4.52. The fraction of sp³-hybridized carbons (Fsp3) is 0.667. The highest BCUT2D eigenvalue weighted by molar-refractivity contribution is 5.88. The van der Waals surface area contributed by atoms with Crippen LogP contribution in [0, 0.1) is 0 Å². The first-order chi connectivity index (χ1) is 7.92. The molecule has 0 saturated heterocycles. The largest absolute Gasteiger partial charge is 0.469 e. The summed E-state index contributed by atoms with van der Waals surface area (Å²) in [7, 11) is 1.31. The first kappa shape index (κ1) is 15.6. The van der Waals surface area contributed by atoms with E-state index in [1.165, 1.54) is 13.2 Å². The van der Waals surface area contributed by atoms with Crippen LogP contribution in [0.3, 0.4) is 0 Å². The van der Waals surface area contributed by atoms with Crippen LogP contribution in [0.15, 0.2) is 11.6 Å². The van der Waals surface area contributed by atoms with Crippen LogP contribution >= 0.6 is 0 Å². The molecule has 5 heteroatoms. The third kappa shape index (κ3) is 6.06. The molecule has 0 saturated carbocycles. The van der Waals surface area contributed by atoms with Gasteiger partial charge in [-0.25, -0.2) is 5.84 Å². The molecular formula is C12H22N2O3. The Balaban J connectivity index is 4.39. The Hall–Kier alpha value is -1.36. The lowest BCUT2D eigenvalue weighted by Crippen LogP contribution is -2.44. The van der Waals surface area contributed by atoms with E-state index in [9.17, 15) is 9.59 Å². The van der Waals surface area contributed by atoms with Crippen LogP contribution in [0.2, 0.25) is 0 Å². The molecule has 0 aromatic carbocycles. The normalized spacial score (nSPS) is 13.1. The van der Waals surface area contributed by atoms with Crippen molar-refractivity contribution in [2.24, 2.45) is 5.84 Å². The molecule has 17 heavy (non-hydrogen) atoms. The second-order valence-electron chi connectivity index (χ2n) is 4.12. The molecule has 1 atom stereocenters. The van der Waals surface area contributed by atoms with Gasteiger partial charge < -0.3 is 4.74 Å². The van der Waals surface area contributed by atoms with Crippen molar-refractivity contribution in [1.82, 2.24) is 5.01 Å². The van der Waals surface area contributed by atoms with Gasteiger partial charge in [-0.3, -0.25) is 14.6 Å². The fourth-order valence-electron chi connectivity index (χ4n) is 1.39. The minimum absolute atomic E-state index is 0.0966. The topological polar surface area (TPSA) is 72.6 Å². The molecule has 0 aliphatic heterocycles. The van der Waals surface area contributed by atoms with Crippen molar-refractivity contribution in [3.05, 3.63) is 11.6 Å². The van der Waals surface area contributed by atoms with Crippen LogP contribution in [-0.2, 0) is 14.3 Å². The zero-order valence-corrected chi connectivity index (χ0v) is 11.0. The van der Waals surface area contributed by atoms with Gasteiger partial charge in [-0.2, -0.15) is 0 Å². The van der Waals surface area contributed by atoms with E-state index in [4.69, 9.17) is 5.84 Å². The Bertz CT molecular complexity index is 300. The molecule has 98 valence electrons. The first-order valence-corrected chi connectivity index (χ1v) is 5.74. The van der Waals surface area contributed by atoms with E-state index in [-0.39, 0.29) is 24.3 Å². The number of amides is 1. The molecule has 0 aliphatic rings. The van der Waals surface area contributed by atoms with Gasteiger partial charge in [0.15, 0.2) is 0 Å². The van der Waals surface area contributed by atoms with E-state index in [1.54, 1.807) is 6.92 Å². The van der Waals surface area contributed by atoms with Crippen LogP contribution in [0.5, 0.6) is 0 Å². The van der Waals surface area contributed by atoms with E-state index in [0.717, 1.165) is 23.4 Å². The molecule has 0 aromatic heterocycles. The maximum absolute atomic E-state index is 11.7. The first-order valence-electron chi connectivity index (χ1n) is 5.74. The molecular weight excluding hydrogens is 220 g/mol. The van der Waals surface area contributed by atoms with Gasteiger partial charge in [0.25, 0.3) is 5.91 Å². The summed E-state index contributed by atoms with van der Waals surface area (Å²) in [5.41, 5.74) is 0.984. The lowest BCUT2D eigenvalue weighted by atomic mass is 10.1. The van der Waals surface area contributed by atoms with Crippen LogP contribution in [-0.4, -0.2) is 30.0 Å². The highest BCUT2D eigenvalue weighted by Crippen LogP contribution is 2.06. The van der Waals surface area contributed by atoms with Gasteiger partial charge in [-0.1, -0.05) is 18.9 Å². The fourth-order valence-corrected chi connectivity index (χ4v) is 1.39. The second-order valence-corrected chi connectivity index (χ2v) is 4.12. The molecule has 0 radical (unpaired) electrons. The van der Waals surface area contributed by atoms with Gasteiger partial charge in [-0.05, 0) is 20.3 Å². The van der Waals surface area contributed by atoms with Crippen molar-refractivity contribution in [3.63, 3.8) is 0 Å². The molecule has 0 aliphatic carbocycles. The van der Waals surface area contributed by atoms with Gasteiger partial charge in [0.1, 0.15) is 0 Å². The maximum Gasteiger partial charge on any atom is 0.307 e. The van der Waals surface area contributed by atoms with Crippen LogP contribution in [0.25, 0.3) is 0 Å². The number of esters is 1. The van der Waals surface area contributed by atoms with E-state index in [1.807, 2.05) is 13.8 Å². The van der Waals surface area contributed by atoms with E-state index in [0.29, 0.717) is 0 Å². The highest BCUT2D eigenvalue weighted by Gasteiger charge is 2.18. The highest BCUT2D eigenvalue weighted by atomic mass is 16.5. The van der Waals surface area contributed by atoms with Crippen molar-refractivity contribution in [2.45, 2.75) is 46.1 Å². The summed E-state index contributed by atoms with van der Waals surface area (Å²) >= 11 is 0. The number of rotatable bonds is 6. The quantitative estimate of drug-likeness (QED) is 0.251. The van der Waals surface area contributed by atoms with Crippen LogP contribution in [0.1, 0.15) is 40.0 Å². The zero-order chi connectivity index (χ0) is 13.4. The number of nitrogens with two attached hydrogens (primary N) is 1. The predicted molar refractivity (Wildman–Crippen MR) is 65.8 cm³/mol. The van der Waals surface area contributed by atoms with Gasteiger partial charge in [0.2, 0.25) is 0 Å². The average Bonchev–Trinajstić information content (AvgIpc) is 2.27. The molecule has 1 amide bonds. The molecule has 0 rings (SSSR count). The molecule has 0 heterocycles. The van der Waals surface area contributed by atoms with Gasteiger partial charge >= 0.3 is 5.97 Å². The summed E-state index contributed by atoms with van der Waals surface area (Å²) in [6.45, 7) is 5.64. The minimum Gasteiger partial charge on any atom is -0.469 e. The summed E-state index contributed by atoms with van der Waals surface area (Å²) in [5, 5.41) is 1.07. The number of carbonyl (C=O) groups is 2. The number of allylic oxidation sites excluding steroid dienone is 1. The standard InChI is InChI=1S/C12H22N2O3/c1-5-6-9(2)7-11(15)14(13)10(3)8-12(16)17-4/h7,10H,5-6,8,13H2,1-4H3/b9-7+. The number of hydrazine groups is 1. The Morgan fingerprint density at radius 3 is 2.53 bits per heavy atom. The summed E-state index contributed by atoms with van der Waals surface area (Å²) in [6, 6.07) is -0.374. The predicted octanol–water partition coefficient (Wildman–Crippen LogP) is 1.39. The second kappa shape index (κ2) is 7.84. The Morgan fingerprint density at radius 2 is 2.06 bits per heavy atom. The van der Waals surface area contributed by atoms with Crippen LogP contribution in [0.4, 0.5) is 0 Å². The summed E-state index contributed by atoms with van der Waals surface area (Å²) in [6.07, 6.45) is 3.46. The van der Waals surface area contributed by atoms with E-state index >= 15 is 0 Å². The molecule has 2 N–H and O–H groups in total. The summed E-state index contributed by atoms with van der Waals surface area (Å²) in [5.74, 6) is 4.98. The number of hydrogen-bond acceptors (Lipinski definition) is 4. The number of carbonyl (C=O) groups excluding carboxylic acids is 2. The Kier molecular flexibility index (Phi) is 7.21. The molecule has 0 spiro atoms. The van der Waals surface area contributed by atoms with Gasteiger partial charge in [0.05, 0.1) is 19.6 Å². The van der Waals surface area contributed by atoms with Crippen molar-refractivity contribution in [2.75, 3.05) is 7.11 Å². The number of methoxy groups -OCH3 is 1. The lowest BCUT2D eigenvalue weighted by Gasteiger charge is -2.22. The van der Waals surface area contributed by atoms with Crippen molar-refractivity contribution in [1.29, 1.82) is 0 Å². The minimum atomic E-state index is -0.380. The van der Waals surface area contributed by atoms with Crippen molar-refractivity contribution >= 4 is 11.9 Å². The zero-order valence-electron chi connectivity index (χ0n) is 11.0. The van der Waals surface area contributed by atoms with Crippen LogP contribution < -0.4 is 5.84 Å².